The molecule has 1 saturated carbocycles. The maximum Gasteiger partial charge on any atom is 0.311 e. The van der Waals surface area contributed by atoms with Gasteiger partial charge in [-0.15, -0.1) is 0 Å². The Morgan fingerprint density at radius 2 is 2.12 bits per heavy atom. The van der Waals surface area contributed by atoms with Crippen molar-refractivity contribution in [1.29, 1.82) is 0 Å². The van der Waals surface area contributed by atoms with Crippen LogP contribution in [0, 0.1) is 23.2 Å². The van der Waals surface area contributed by atoms with E-state index in [1.807, 2.05) is 0 Å². The summed E-state index contributed by atoms with van der Waals surface area (Å²) in [4.78, 5) is 14.9. The number of nitrogens with zero attached hydrogens (tertiary/aromatic N) is 1. The fourth-order valence-corrected chi connectivity index (χ4v) is 5.32. The number of fused-ring (bicyclic) bond motifs is 2. The minimum atomic E-state index is -0.00659. The number of rotatable bonds is 7. The van der Waals surface area contributed by atoms with Crippen molar-refractivity contribution in [2.75, 3.05) is 32.7 Å². The van der Waals surface area contributed by atoms with E-state index >= 15 is 0 Å². The smallest absolute Gasteiger partial charge is 0.311 e. The Balaban J connectivity index is 1.63. The molecule has 0 bridgehead atoms. The van der Waals surface area contributed by atoms with Crippen LogP contribution < -0.4 is 5.32 Å². The molecule has 3 rings (SSSR count). The standard InChI is InChI=1S/C21H36N2O2/c1-5-23(6-2)11-10-22-14-17-16-12-18-15(3)8-7-9-21(18,4)13-19(16)25-20(17)24/h12,15-17,19,22H,5-11,13-14H2,1-4H3/t15-,16+,17?,19+,21+/m0/s1. The Bertz CT molecular complexity index is 514. The second kappa shape index (κ2) is 7.79. The third-order valence-corrected chi connectivity index (χ3v) is 6.94. The molecule has 3 aliphatic rings. The largest absolute Gasteiger partial charge is 0.461 e. The van der Waals surface area contributed by atoms with Crippen LogP contribution in [0.2, 0.25) is 0 Å². The summed E-state index contributed by atoms with van der Waals surface area (Å²) >= 11 is 0. The average molecular weight is 349 g/mol. The van der Waals surface area contributed by atoms with Gasteiger partial charge in [0.05, 0.1) is 5.92 Å². The Hall–Kier alpha value is -0.870. The van der Waals surface area contributed by atoms with Crippen molar-refractivity contribution < 1.29 is 9.53 Å². The number of allylic oxidation sites excluding steroid dienone is 1. The van der Waals surface area contributed by atoms with Crippen molar-refractivity contribution >= 4 is 5.97 Å². The predicted molar refractivity (Wildman–Crippen MR) is 101 cm³/mol. The third kappa shape index (κ3) is 3.80. The van der Waals surface area contributed by atoms with E-state index in [0.29, 0.717) is 5.92 Å². The van der Waals surface area contributed by atoms with E-state index in [0.717, 1.165) is 39.1 Å². The minimum absolute atomic E-state index is 0.00659. The predicted octanol–water partition coefficient (Wildman–Crippen LogP) is 3.23. The van der Waals surface area contributed by atoms with Gasteiger partial charge in [0, 0.05) is 25.6 Å². The number of likely N-dealkylation sites (N-methyl/N-ethyl adjacent to an activating group) is 1. The van der Waals surface area contributed by atoms with E-state index in [9.17, 15) is 4.79 Å². The van der Waals surface area contributed by atoms with E-state index in [1.54, 1.807) is 5.57 Å². The summed E-state index contributed by atoms with van der Waals surface area (Å²) in [6.45, 7) is 14.0. The summed E-state index contributed by atoms with van der Waals surface area (Å²) in [7, 11) is 0. The average Bonchev–Trinajstić information content (AvgIpc) is 2.87. The third-order valence-electron chi connectivity index (χ3n) is 6.94. The van der Waals surface area contributed by atoms with Crippen molar-refractivity contribution in [3.8, 4) is 0 Å². The van der Waals surface area contributed by atoms with Crippen molar-refractivity contribution in [3.05, 3.63) is 11.6 Å². The van der Waals surface area contributed by atoms with Crippen LogP contribution in [0.4, 0.5) is 0 Å². The maximum absolute atomic E-state index is 12.5. The highest BCUT2D eigenvalue weighted by atomic mass is 16.6. The van der Waals surface area contributed by atoms with Crippen LogP contribution in [-0.4, -0.2) is 49.7 Å². The van der Waals surface area contributed by atoms with E-state index in [4.69, 9.17) is 4.74 Å². The summed E-state index contributed by atoms with van der Waals surface area (Å²) in [6, 6.07) is 0. The molecule has 5 atom stereocenters. The second-order valence-corrected chi connectivity index (χ2v) is 8.57. The molecule has 4 nitrogen and oxygen atoms in total. The lowest BCUT2D eigenvalue weighted by Crippen LogP contribution is -2.41. The van der Waals surface area contributed by atoms with Crippen LogP contribution in [0.5, 0.6) is 0 Å². The van der Waals surface area contributed by atoms with Crippen molar-refractivity contribution in [2.45, 2.75) is 59.5 Å². The molecule has 0 aromatic rings. The van der Waals surface area contributed by atoms with Gasteiger partial charge in [0.2, 0.25) is 0 Å². The molecule has 142 valence electrons. The molecule has 2 fully saturated rings. The quantitative estimate of drug-likeness (QED) is 0.436. The van der Waals surface area contributed by atoms with Gasteiger partial charge in [-0.25, -0.2) is 0 Å². The SMILES string of the molecule is CCN(CC)CCNCC1C(=O)O[C@@H]2C[C@@]3(C)CCC[C@H](C)C3=C[C@H]12. The summed E-state index contributed by atoms with van der Waals surface area (Å²) < 4.78 is 5.81. The highest BCUT2D eigenvalue weighted by Crippen LogP contribution is 2.53. The molecule has 0 spiro atoms. The molecule has 1 aliphatic heterocycles. The molecule has 1 saturated heterocycles. The Morgan fingerprint density at radius 3 is 2.84 bits per heavy atom. The molecule has 0 aromatic heterocycles. The van der Waals surface area contributed by atoms with Gasteiger partial charge in [-0.3, -0.25) is 4.79 Å². The van der Waals surface area contributed by atoms with Crippen LogP contribution >= 0.6 is 0 Å². The van der Waals surface area contributed by atoms with Gasteiger partial charge in [0.25, 0.3) is 0 Å². The lowest BCUT2D eigenvalue weighted by Gasteiger charge is -2.46. The first-order chi connectivity index (χ1) is 12.0. The molecule has 2 aliphatic carbocycles. The fourth-order valence-electron chi connectivity index (χ4n) is 5.32. The lowest BCUT2D eigenvalue weighted by molar-refractivity contribution is -0.145. The molecule has 4 heteroatoms. The molecule has 25 heavy (non-hydrogen) atoms. The van der Waals surface area contributed by atoms with Crippen molar-refractivity contribution in [2.24, 2.45) is 23.2 Å². The number of carbonyl (C=O) groups is 1. The van der Waals surface area contributed by atoms with Gasteiger partial charge in [-0.1, -0.05) is 45.8 Å². The highest BCUT2D eigenvalue weighted by molar-refractivity contribution is 5.76. The first kappa shape index (κ1) is 18.9. The first-order valence-corrected chi connectivity index (χ1v) is 10.3. The second-order valence-electron chi connectivity index (χ2n) is 8.57. The Morgan fingerprint density at radius 1 is 1.36 bits per heavy atom. The molecule has 0 aromatic carbocycles. The lowest BCUT2D eigenvalue weighted by atomic mass is 9.59. The molecule has 1 heterocycles. The Labute approximate surface area is 153 Å². The van der Waals surface area contributed by atoms with Crippen LogP contribution in [0.25, 0.3) is 0 Å². The summed E-state index contributed by atoms with van der Waals surface area (Å²) in [6.07, 6.45) is 7.41. The maximum atomic E-state index is 12.5. The van der Waals surface area contributed by atoms with Gasteiger partial charge in [0.15, 0.2) is 0 Å². The normalized spacial score (nSPS) is 37.5. The summed E-state index contributed by atoms with van der Waals surface area (Å²) in [5.74, 6) is 0.939. The van der Waals surface area contributed by atoms with Crippen LogP contribution in [0.1, 0.15) is 53.4 Å². The molecule has 0 radical (unpaired) electrons. The van der Waals surface area contributed by atoms with Gasteiger partial charge in [-0.2, -0.15) is 0 Å². The van der Waals surface area contributed by atoms with E-state index in [1.165, 1.54) is 19.3 Å². The van der Waals surface area contributed by atoms with Crippen molar-refractivity contribution in [3.63, 3.8) is 0 Å². The van der Waals surface area contributed by atoms with Crippen LogP contribution in [-0.2, 0) is 9.53 Å². The summed E-state index contributed by atoms with van der Waals surface area (Å²) in [5, 5.41) is 3.51. The zero-order valence-electron chi connectivity index (χ0n) is 16.5. The van der Waals surface area contributed by atoms with E-state index in [-0.39, 0.29) is 29.3 Å². The highest BCUT2D eigenvalue weighted by Gasteiger charge is 2.51. The van der Waals surface area contributed by atoms with Crippen LogP contribution in [0.15, 0.2) is 11.6 Å². The topological polar surface area (TPSA) is 41.6 Å². The molecule has 1 unspecified atom stereocenters. The number of hydrogen-bond donors (Lipinski definition) is 1. The zero-order chi connectivity index (χ0) is 18.0. The van der Waals surface area contributed by atoms with Crippen molar-refractivity contribution in [1.82, 2.24) is 10.2 Å². The van der Waals surface area contributed by atoms with Crippen LogP contribution in [0.3, 0.4) is 0 Å². The molecule has 0 amide bonds. The number of carbonyl (C=O) groups excluding carboxylic acids is 1. The van der Waals surface area contributed by atoms with E-state index in [2.05, 4.69) is 44.0 Å². The van der Waals surface area contributed by atoms with Gasteiger partial charge < -0.3 is 15.0 Å². The van der Waals surface area contributed by atoms with Gasteiger partial charge >= 0.3 is 5.97 Å². The first-order valence-electron chi connectivity index (χ1n) is 10.3. The number of hydrogen-bond acceptors (Lipinski definition) is 4. The number of nitrogens with one attached hydrogen (secondary N) is 1. The van der Waals surface area contributed by atoms with Gasteiger partial charge in [-0.05, 0) is 43.7 Å². The molecular formula is C21H36N2O2. The number of esters is 1. The zero-order valence-corrected chi connectivity index (χ0v) is 16.5. The molecule has 1 N–H and O–H groups in total. The molecular weight excluding hydrogens is 312 g/mol. The van der Waals surface area contributed by atoms with Gasteiger partial charge in [0.1, 0.15) is 6.10 Å². The minimum Gasteiger partial charge on any atom is -0.461 e. The van der Waals surface area contributed by atoms with E-state index < -0.39 is 0 Å². The monoisotopic (exact) mass is 348 g/mol. The Kier molecular flexibility index (Phi) is 5.89. The fraction of sp³-hybridized carbons (Fsp3) is 0.857. The summed E-state index contributed by atoms with van der Waals surface area (Å²) in [5.41, 5.74) is 1.86. The number of ether oxygens (including phenoxy) is 1.